The molecule has 11 heteroatoms. The Labute approximate surface area is 211 Å². The number of hydrogen-bond donors (Lipinski definition) is 1. The van der Waals surface area contributed by atoms with Crippen molar-refractivity contribution in [1.29, 1.82) is 0 Å². The summed E-state index contributed by atoms with van der Waals surface area (Å²) in [6, 6.07) is 9.41. The van der Waals surface area contributed by atoms with Gasteiger partial charge in [0, 0.05) is 19.2 Å². The number of carbonyl (C=O) groups is 2. The molecule has 0 aromatic heterocycles. The second kappa shape index (κ2) is 12.1. The third kappa shape index (κ3) is 6.87. The van der Waals surface area contributed by atoms with E-state index < -0.39 is 34.3 Å². The number of sulfonamides is 1. The number of hydrogen-bond acceptors (Lipinski definition) is 6. The maximum Gasteiger partial charge on any atom is 0.244 e. The van der Waals surface area contributed by atoms with E-state index >= 15 is 0 Å². The fourth-order valence-corrected chi connectivity index (χ4v) is 4.71. The zero-order valence-electron chi connectivity index (χ0n) is 20.7. The Hall–Kier alpha value is -3.34. The lowest BCUT2D eigenvalue weighted by molar-refractivity contribution is -0.140. The number of ether oxygens (including phenoxy) is 2. The predicted molar refractivity (Wildman–Crippen MR) is 134 cm³/mol. The highest BCUT2D eigenvalue weighted by atomic mass is 32.2. The Morgan fingerprint density at radius 2 is 1.72 bits per heavy atom. The highest BCUT2D eigenvalue weighted by Gasteiger charge is 2.32. The summed E-state index contributed by atoms with van der Waals surface area (Å²) in [6.45, 7) is 4.33. The Balaban J connectivity index is 1.93. The van der Waals surface area contributed by atoms with Crippen molar-refractivity contribution in [3.63, 3.8) is 0 Å². The lowest BCUT2D eigenvalue weighted by Gasteiger charge is -2.33. The standard InChI is InChI=1S/C25H32FN3O6S/c1-4-12-27-25(31)21(5-2)28(16-18-6-8-19(26)9-7-18)24(30)17-29(36(3,32)33)20-10-11-22-23(15-20)35-14-13-34-22/h6-11,15,21H,4-5,12-14,16-17H2,1-3H3,(H,27,31). The highest BCUT2D eigenvalue weighted by molar-refractivity contribution is 7.92. The largest absolute Gasteiger partial charge is 0.486 e. The zero-order valence-corrected chi connectivity index (χ0v) is 21.5. The fourth-order valence-electron chi connectivity index (χ4n) is 3.87. The molecular weight excluding hydrogens is 489 g/mol. The smallest absolute Gasteiger partial charge is 0.244 e. The molecule has 2 aromatic rings. The van der Waals surface area contributed by atoms with Crippen LogP contribution in [0.25, 0.3) is 0 Å². The first-order chi connectivity index (χ1) is 17.1. The second-order valence-corrected chi connectivity index (χ2v) is 10.4. The number of rotatable bonds is 11. The van der Waals surface area contributed by atoms with Crippen LogP contribution in [-0.4, -0.2) is 63.7 Å². The van der Waals surface area contributed by atoms with E-state index in [9.17, 15) is 22.4 Å². The summed E-state index contributed by atoms with van der Waals surface area (Å²) < 4.78 is 51.0. The molecule has 2 aromatic carbocycles. The quantitative estimate of drug-likeness (QED) is 0.488. The highest BCUT2D eigenvalue weighted by Crippen LogP contribution is 2.34. The number of nitrogens with zero attached hydrogens (tertiary/aromatic N) is 2. The normalized spacial score (nSPS) is 13.6. The third-order valence-electron chi connectivity index (χ3n) is 5.69. The lowest BCUT2D eigenvalue weighted by Crippen LogP contribution is -2.52. The Kier molecular flexibility index (Phi) is 9.14. The number of benzene rings is 2. The molecule has 196 valence electrons. The van der Waals surface area contributed by atoms with Gasteiger partial charge in [0.15, 0.2) is 11.5 Å². The number of carbonyl (C=O) groups excluding carboxylic acids is 2. The first-order valence-corrected chi connectivity index (χ1v) is 13.7. The van der Waals surface area contributed by atoms with Crippen LogP contribution in [0.3, 0.4) is 0 Å². The van der Waals surface area contributed by atoms with Gasteiger partial charge < -0.3 is 19.7 Å². The minimum Gasteiger partial charge on any atom is -0.486 e. The van der Waals surface area contributed by atoms with Gasteiger partial charge in [0.05, 0.1) is 11.9 Å². The van der Waals surface area contributed by atoms with Crippen LogP contribution in [0.4, 0.5) is 10.1 Å². The molecule has 0 spiro atoms. The third-order valence-corrected chi connectivity index (χ3v) is 6.83. The number of fused-ring (bicyclic) bond motifs is 1. The van der Waals surface area contributed by atoms with Crippen LogP contribution in [0.5, 0.6) is 11.5 Å². The lowest BCUT2D eigenvalue weighted by atomic mass is 10.1. The maximum atomic E-state index is 13.6. The number of halogens is 1. The van der Waals surface area contributed by atoms with E-state index in [1.807, 2.05) is 6.92 Å². The van der Waals surface area contributed by atoms with E-state index in [-0.39, 0.29) is 18.1 Å². The Bertz CT molecular complexity index is 1170. The van der Waals surface area contributed by atoms with Gasteiger partial charge in [-0.15, -0.1) is 0 Å². The summed E-state index contributed by atoms with van der Waals surface area (Å²) in [5, 5.41) is 2.81. The van der Waals surface area contributed by atoms with Gasteiger partial charge in [0.2, 0.25) is 21.8 Å². The summed E-state index contributed by atoms with van der Waals surface area (Å²) in [5.74, 6) is -0.459. The van der Waals surface area contributed by atoms with Crippen molar-refractivity contribution in [2.45, 2.75) is 39.3 Å². The summed E-state index contributed by atoms with van der Waals surface area (Å²) in [7, 11) is -3.88. The van der Waals surface area contributed by atoms with Crippen LogP contribution in [0.1, 0.15) is 32.3 Å². The summed E-state index contributed by atoms with van der Waals surface area (Å²) in [5.41, 5.74) is 0.844. The van der Waals surface area contributed by atoms with Crippen LogP contribution in [0, 0.1) is 5.82 Å². The first kappa shape index (κ1) is 27.3. The van der Waals surface area contributed by atoms with Crippen LogP contribution in [0.2, 0.25) is 0 Å². The topological polar surface area (TPSA) is 105 Å². The molecule has 0 fully saturated rings. The molecule has 1 heterocycles. The van der Waals surface area contributed by atoms with E-state index in [0.717, 1.165) is 17.0 Å². The predicted octanol–water partition coefficient (Wildman–Crippen LogP) is 2.70. The van der Waals surface area contributed by atoms with Gasteiger partial charge in [0.25, 0.3) is 0 Å². The van der Waals surface area contributed by atoms with Crippen LogP contribution in [-0.2, 0) is 26.2 Å². The van der Waals surface area contributed by atoms with Gasteiger partial charge in [-0.05, 0) is 42.7 Å². The van der Waals surface area contributed by atoms with Crippen molar-refractivity contribution in [3.8, 4) is 11.5 Å². The van der Waals surface area contributed by atoms with Gasteiger partial charge in [-0.2, -0.15) is 0 Å². The van der Waals surface area contributed by atoms with Crippen molar-refractivity contribution in [2.24, 2.45) is 0 Å². The van der Waals surface area contributed by atoms with Gasteiger partial charge in [-0.25, -0.2) is 12.8 Å². The molecule has 0 aliphatic carbocycles. The molecule has 3 rings (SSSR count). The molecule has 1 unspecified atom stereocenters. The monoisotopic (exact) mass is 521 g/mol. The fraction of sp³-hybridized carbons (Fsp3) is 0.440. The molecular formula is C25H32FN3O6S. The number of nitrogens with one attached hydrogen (secondary N) is 1. The van der Waals surface area contributed by atoms with Crippen LogP contribution >= 0.6 is 0 Å². The van der Waals surface area contributed by atoms with E-state index in [4.69, 9.17) is 9.47 Å². The van der Waals surface area contributed by atoms with Gasteiger partial charge in [0.1, 0.15) is 31.6 Å². The molecule has 0 bridgehead atoms. The molecule has 1 aliphatic heterocycles. The number of amides is 2. The zero-order chi connectivity index (χ0) is 26.3. The number of anilines is 1. The van der Waals surface area contributed by atoms with Crippen molar-refractivity contribution in [3.05, 3.63) is 53.8 Å². The molecule has 9 nitrogen and oxygen atoms in total. The molecule has 2 amide bonds. The Morgan fingerprint density at radius 1 is 1.06 bits per heavy atom. The minimum atomic E-state index is -3.88. The van der Waals surface area contributed by atoms with Crippen molar-refractivity contribution in [1.82, 2.24) is 10.2 Å². The van der Waals surface area contributed by atoms with Gasteiger partial charge >= 0.3 is 0 Å². The van der Waals surface area contributed by atoms with Crippen LogP contribution in [0.15, 0.2) is 42.5 Å². The molecule has 0 radical (unpaired) electrons. The molecule has 1 aliphatic rings. The summed E-state index contributed by atoms with van der Waals surface area (Å²) in [6.07, 6.45) is 2.04. The molecule has 0 saturated carbocycles. The van der Waals surface area contributed by atoms with Gasteiger partial charge in [-0.3, -0.25) is 13.9 Å². The van der Waals surface area contributed by atoms with E-state index in [0.29, 0.717) is 43.2 Å². The van der Waals surface area contributed by atoms with Crippen molar-refractivity contribution < 1.29 is 31.9 Å². The maximum absolute atomic E-state index is 13.6. The van der Waals surface area contributed by atoms with E-state index in [2.05, 4.69) is 5.32 Å². The summed E-state index contributed by atoms with van der Waals surface area (Å²) >= 11 is 0. The average Bonchev–Trinajstić information content (AvgIpc) is 2.85. The van der Waals surface area contributed by atoms with E-state index in [1.54, 1.807) is 13.0 Å². The average molecular weight is 522 g/mol. The first-order valence-electron chi connectivity index (χ1n) is 11.8. The molecule has 0 saturated heterocycles. The summed E-state index contributed by atoms with van der Waals surface area (Å²) in [4.78, 5) is 27.9. The second-order valence-electron chi connectivity index (χ2n) is 8.46. The van der Waals surface area contributed by atoms with Crippen molar-refractivity contribution >= 4 is 27.5 Å². The van der Waals surface area contributed by atoms with Crippen LogP contribution < -0.4 is 19.1 Å². The van der Waals surface area contributed by atoms with Gasteiger partial charge in [-0.1, -0.05) is 26.0 Å². The van der Waals surface area contributed by atoms with E-state index in [1.165, 1.54) is 41.3 Å². The SMILES string of the molecule is CCCNC(=O)C(CC)N(Cc1ccc(F)cc1)C(=O)CN(c1ccc2c(c1)OCCO2)S(C)(=O)=O. The van der Waals surface area contributed by atoms with Crippen molar-refractivity contribution in [2.75, 3.05) is 36.9 Å². The molecule has 1 atom stereocenters. The molecule has 1 N–H and O–H groups in total. The molecule has 36 heavy (non-hydrogen) atoms. The minimum absolute atomic E-state index is 0.00983. The Morgan fingerprint density at radius 3 is 2.33 bits per heavy atom.